The number of methoxy groups -OCH3 is 1. The Hall–Kier alpha value is -2.60. The SMILES string of the molecule is COc1ccccc1Nc1ncccc1C(=O)NC1CNCCC1C. The van der Waals surface area contributed by atoms with Gasteiger partial charge in [-0.05, 0) is 43.1 Å². The molecular weight excluding hydrogens is 316 g/mol. The number of pyridine rings is 1. The Morgan fingerprint density at radius 3 is 2.92 bits per heavy atom. The topological polar surface area (TPSA) is 75.3 Å². The number of amides is 1. The van der Waals surface area contributed by atoms with E-state index in [1.54, 1.807) is 25.4 Å². The summed E-state index contributed by atoms with van der Waals surface area (Å²) < 4.78 is 5.35. The minimum atomic E-state index is -0.119. The Morgan fingerprint density at radius 2 is 2.12 bits per heavy atom. The van der Waals surface area contributed by atoms with Crippen LogP contribution >= 0.6 is 0 Å². The van der Waals surface area contributed by atoms with Crippen molar-refractivity contribution >= 4 is 17.4 Å². The molecule has 2 unspecified atom stereocenters. The maximum absolute atomic E-state index is 12.8. The van der Waals surface area contributed by atoms with Gasteiger partial charge in [0.15, 0.2) is 0 Å². The number of piperidine rings is 1. The molecular formula is C19H24N4O2. The summed E-state index contributed by atoms with van der Waals surface area (Å²) in [6.45, 7) is 3.96. The van der Waals surface area contributed by atoms with Crippen molar-refractivity contribution in [3.05, 3.63) is 48.2 Å². The quantitative estimate of drug-likeness (QED) is 0.780. The van der Waals surface area contributed by atoms with Gasteiger partial charge in [-0.3, -0.25) is 4.79 Å². The second-order valence-electron chi connectivity index (χ2n) is 6.27. The number of nitrogens with zero attached hydrogens (tertiary/aromatic N) is 1. The van der Waals surface area contributed by atoms with E-state index in [1.807, 2.05) is 24.3 Å². The third-order valence-corrected chi connectivity index (χ3v) is 4.56. The van der Waals surface area contributed by atoms with Crippen LogP contribution in [-0.2, 0) is 0 Å². The van der Waals surface area contributed by atoms with Crippen LogP contribution in [-0.4, -0.2) is 37.1 Å². The third-order valence-electron chi connectivity index (χ3n) is 4.56. The van der Waals surface area contributed by atoms with Crippen LogP contribution in [0.25, 0.3) is 0 Å². The van der Waals surface area contributed by atoms with E-state index in [0.29, 0.717) is 23.0 Å². The summed E-state index contributed by atoms with van der Waals surface area (Å²) in [5, 5.41) is 9.66. The van der Waals surface area contributed by atoms with Crippen LogP contribution in [0.15, 0.2) is 42.6 Å². The molecule has 1 aliphatic rings. The molecule has 2 atom stereocenters. The Bertz CT molecular complexity index is 735. The van der Waals surface area contributed by atoms with Crippen molar-refractivity contribution in [2.45, 2.75) is 19.4 Å². The summed E-state index contributed by atoms with van der Waals surface area (Å²) in [7, 11) is 1.62. The highest BCUT2D eigenvalue weighted by Gasteiger charge is 2.24. The normalized spacial score (nSPS) is 19.9. The third kappa shape index (κ3) is 4.09. The van der Waals surface area contributed by atoms with E-state index in [2.05, 4.69) is 27.9 Å². The zero-order chi connectivity index (χ0) is 17.6. The molecule has 1 amide bonds. The maximum atomic E-state index is 12.8. The van der Waals surface area contributed by atoms with Crippen LogP contribution in [0.4, 0.5) is 11.5 Å². The summed E-state index contributed by atoms with van der Waals surface area (Å²) in [6.07, 6.45) is 2.73. The molecule has 25 heavy (non-hydrogen) atoms. The number of hydrogen-bond acceptors (Lipinski definition) is 5. The molecule has 2 aromatic rings. The minimum Gasteiger partial charge on any atom is -0.495 e. The second-order valence-corrected chi connectivity index (χ2v) is 6.27. The molecule has 0 bridgehead atoms. The molecule has 132 valence electrons. The number of aromatic nitrogens is 1. The molecule has 1 saturated heterocycles. The highest BCUT2D eigenvalue weighted by atomic mass is 16.5. The zero-order valence-corrected chi connectivity index (χ0v) is 14.6. The lowest BCUT2D eigenvalue weighted by atomic mass is 9.94. The monoisotopic (exact) mass is 340 g/mol. The van der Waals surface area contributed by atoms with Gasteiger partial charge >= 0.3 is 0 Å². The lowest BCUT2D eigenvalue weighted by molar-refractivity contribution is 0.0916. The first-order chi connectivity index (χ1) is 12.2. The van der Waals surface area contributed by atoms with Crippen molar-refractivity contribution in [1.82, 2.24) is 15.6 Å². The van der Waals surface area contributed by atoms with Crippen molar-refractivity contribution in [3.63, 3.8) is 0 Å². The summed E-state index contributed by atoms with van der Waals surface area (Å²) in [6, 6.07) is 11.2. The van der Waals surface area contributed by atoms with Gasteiger partial charge in [-0.15, -0.1) is 0 Å². The van der Waals surface area contributed by atoms with E-state index >= 15 is 0 Å². The van der Waals surface area contributed by atoms with Gasteiger partial charge in [0.2, 0.25) is 0 Å². The lowest BCUT2D eigenvalue weighted by Crippen LogP contribution is -2.50. The van der Waals surface area contributed by atoms with Gasteiger partial charge in [-0.1, -0.05) is 19.1 Å². The molecule has 1 aromatic carbocycles. The molecule has 1 aliphatic heterocycles. The molecule has 0 saturated carbocycles. The molecule has 1 fully saturated rings. The summed E-state index contributed by atoms with van der Waals surface area (Å²) in [5.41, 5.74) is 1.29. The van der Waals surface area contributed by atoms with Crippen LogP contribution in [0.5, 0.6) is 5.75 Å². The van der Waals surface area contributed by atoms with Gasteiger partial charge in [0.1, 0.15) is 11.6 Å². The first-order valence-corrected chi connectivity index (χ1v) is 8.55. The molecule has 0 radical (unpaired) electrons. The number of carbonyl (C=O) groups is 1. The van der Waals surface area contributed by atoms with E-state index < -0.39 is 0 Å². The fraction of sp³-hybridized carbons (Fsp3) is 0.368. The van der Waals surface area contributed by atoms with Gasteiger partial charge in [0.05, 0.1) is 18.4 Å². The van der Waals surface area contributed by atoms with Crippen LogP contribution in [0.3, 0.4) is 0 Å². The van der Waals surface area contributed by atoms with E-state index in [9.17, 15) is 4.79 Å². The van der Waals surface area contributed by atoms with Gasteiger partial charge in [0.25, 0.3) is 5.91 Å². The Morgan fingerprint density at radius 1 is 1.28 bits per heavy atom. The molecule has 6 nitrogen and oxygen atoms in total. The molecule has 6 heteroatoms. The van der Waals surface area contributed by atoms with Gasteiger partial charge < -0.3 is 20.7 Å². The average molecular weight is 340 g/mol. The van der Waals surface area contributed by atoms with E-state index in [0.717, 1.165) is 25.2 Å². The Balaban J connectivity index is 1.79. The number of benzene rings is 1. The van der Waals surface area contributed by atoms with Crippen molar-refractivity contribution in [2.75, 3.05) is 25.5 Å². The Kier molecular flexibility index (Phi) is 5.50. The number of hydrogen-bond donors (Lipinski definition) is 3. The average Bonchev–Trinajstić information content (AvgIpc) is 2.64. The molecule has 3 N–H and O–H groups in total. The number of carbonyl (C=O) groups excluding carboxylic acids is 1. The van der Waals surface area contributed by atoms with Crippen LogP contribution in [0, 0.1) is 5.92 Å². The number of nitrogens with one attached hydrogen (secondary N) is 3. The second kappa shape index (κ2) is 7.98. The summed E-state index contributed by atoms with van der Waals surface area (Å²) >= 11 is 0. The smallest absolute Gasteiger partial charge is 0.255 e. The van der Waals surface area contributed by atoms with Crippen LogP contribution < -0.4 is 20.7 Å². The van der Waals surface area contributed by atoms with Gasteiger partial charge in [0, 0.05) is 18.8 Å². The van der Waals surface area contributed by atoms with E-state index in [-0.39, 0.29) is 11.9 Å². The first-order valence-electron chi connectivity index (χ1n) is 8.55. The van der Waals surface area contributed by atoms with Crippen molar-refractivity contribution in [2.24, 2.45) is 5.92 Å². The predicted molar refractivity (Wildman–Crippen MR) is 98.4 cm³/mol. The number of ether oxygens (including phenoxy) is 1. The standard InChI is InChI=1S/C19H24N4O2/c1-13-9-11-20-12-16(13)23-19(24)14-6-5-10-21-18(14)22-15-7-3-4-8-17(15)25-2/h3-8,10,13,16,20H,9,11-12H2,1-2H3,(H,21,22)(H,23,24). The predicted octanol–water partition coefficient (Wildman–Crippen LogP) is 2.56. The number of rotatable bonds is 5. The Labute approximate surface area is 148 Å². The molecule has 2 heterocycles. The lowest BCUT2D eigenvalue weighted by Gasteiger charge is -2.30. The van der Waals surface area contributed by atoms with E-state index in [4.69, 9.17) is 4.74 Å². The maximum Gasteiger partial charge on any atom is 0.255 e. The van der Waals surface area contributed by atoms with E-state index in [1.165, 1.54) is 0 Å². The first kappa shape index (κ1) is 17.2. The van der Waals surface area contributed by atoms with Crippen molar-refractivity contribution < 1.29 is 9.53 Å². The molecule has 1 aromatic heterocycles. The number of anilines is 2. The molecule has 0 spiro atoms. The largest absolute Gasteiger partial charge is 0.495 e. The van der Waals surface area contributed by atoms with Gasteiger partial charge in [-0.25, -0.2) is 4.98 Å². The highest BCUT2D eigenvalue weighted by Crippen LogP contribution is 2.27. The zero-order valence-electron chi connectivity index (χ0n) is 14.6. The van der Waals surface area contributed by atoms with Gasteiger partial charge in [-0.2, -0.15) is 0 Å². The fourth-order valence-corrected chi connectivity index (χ4v) is 2.99. The number of para-hydroxylation sites is 2. The summed E-state index contributed by atoms with van der Waals surface area (Å²) in [5.74, 6) is 1.55. The minimum absolute atomic E-state index is 0.119. The highest BCUT2D eigenvalue weighted by molar-refractivity contribution is 5.99. The summed E-state index contributed by atoms with van der Waals surface area (Å²) in [4.78, 5) is 17.1. The molecule has 0 aliphatic carbocycles. The fourth-order valence-electron chi connectivity index (χ4n) is 2.99. The van der Waals surface area contributed by atoms with Crippen molar-refractivity contribution in [3.8, 4) is 5.75 Å². The van der Waals surface area contributed by atoms with Crippen LogP contribution in [0.2, 0.25) is 0 Å². The van der Waals surface area contributed by atoms with Crippen LogP contribution in [0.1, 0.15) is 23.7 Å². The molecule has 3 rings (SSSR count). The van der Waals surface area contributed by atoms with Crippen molar-refractivity contribution in [1.29, 1.82) is 0 Å².